The Morgan fingerprint density at radius 3 is 2.13 bits per heavy atom. The molecule has 4 nitrogen and oxygen atoms in total. The minimum absolute atomic E-state index is 0. The van der Waals surface area contributed by atoms with Gasteiger partial charge in [-0.3, -0.25) is 4.90 Å². The third-order valence-corrected chi connectivity index (χ3v) is 7.92. The first-order chi connectivity index (χ1) is 14.1. The van der Waals surface area contributed by atoms with Crippen LogP contribution in [0.3, 0.4) is 0 Å². The quantitative estimate of drug-likeness (QED) is 0.635. The molecule has 1 heterocycles. The van der Waals surface area contributed by atoms with E-state index < -0.39 is 6.10 Å². The van der Waals surface area contributed by atoms with Crippen LogP contribution in [-0.4, -0.2) is 62.0 Å². The number of para-hydroxylation sites is 1. The number of ether oxygens (including phenoxy) is 1. The zero-order valence-corrected chi connectivity index (χ0v) is 19.9. The van der Waals surface area contributed by atoms with Crippen LogP contribution in [0.1, 0.15) is 38.5 Å². The highest BCUT2D eigenvalue weighted by Crippen LogP contribution is 2.60. The van der Waals surface area contributed by atoms with Crippen LogP contribution in [-0.2, 0) is 4.74 Å². The molecule has 1 atom stereocenters. The van der Waals surface area contributed by atoms with Gasteiger partial charge in [0.05, 0.1) is 25.0 Å². The maximum absolute atomic E-state index is 14.0. The summed E-state index contributed by atoms with van der Waals surface area (Å²) in [5.74, 6) is 2.68. The highest BCUT2D eigenvalue weighted by atomic mass is 35.5. The molecule has 1 unspecified atom stereocenters. The summed E-state index contributed by atoms with van der Waals surface area (Å²) in [5.41, 5.74) is 1.10. The predicted octanol–water partition coefficient (Wildman–Crippen LogP) is 4.39. The zero-order chi connectivity index (χ0) is 19.8. The Bertz CT molecular complexity index is 679. The molecule has 7 heteroatoms. The van der Waals surface area contributed by atoms with Crippen molar-refractivity contribution >= 4 is 30.5 Å². The average Bonchev–Trinajstić information content (AvgIpc) is 2.68. The third kappa shape index (κ3) is 5.67. The molecule has 1 N–H and O–H groups in total. The topological polar surface area (TPSA) is 35.9 Å². The van der Waals surface area contributed by atoms with Gasteiger partial charge in [-0.1, -0.05) is 12.1 Å². The Balaban J connectivity index is 0.00000136. The van der Waals surface area contributed by atoms with Crippen molar-refractivity contribution in [1.29, 1.82) is 0 Å². The lowest BCUT2D eigenvalue weighted by atomic mass is 9.50. The number of rotatable bonds is 7. The van der Waals surface area contributed by atoms with Gasteiger partial charge in [0.2, 0.25) is 0 Å². The van der Waals surface area contributed by atoms with Crippen molar-refractivity contribution in [2.45, 2.75) is 44.6 Å². The van der Waals surface area contributed by atoms with Crippen LogP contribution in [0.5, 0.6) is 0 Å². The monoisotopic (exact) mass is 474 g/mol. The summed E-state index contributed by atoms with van der Waals surface area (Å²) >= 11 is 0. The van der Waals surface area contributed by atoms with Gasteiger partial charge in [-0.05, 0) is 73.8 Å². The third-order valence-electron chi connectivity index (χ3n) is 7.92. The van der Waals surface area contributed by atoms with Crippen LogP contribution in [0, 0.1) is 29.0 Å². The largest absolute Gasteiger partial charge is 0.389 e. The summed E-state index contributed by atoms with van der Waals surface area (Å²) in [6, 6.07) is 6.98. The fourth-order valence-electron chi connectivity index (χ4n) is 7.11. The summed E-state index contributed by atoms with van der Waals surface area (Å²) in [5, 5.41) is 10.5. The number of halogens is 3. The average molecular weight is 475 g/mol. The molecule has 176 valence electrons. The SMILES string of the molecule is Cl.Cl.OC(COCC12CC3CC(CC(C3)C1)C2)CN1CCN(c2ccccc2F)CC1. The van der Waals surface area contributed by atoms with Crippen LogP contribution in [0.15, 0.2) is 24.3 Å². The van der Waals surface area contributed by atoms with Gasteiger partial charge in [-0.15, -0.1) is 24.8 Å². The van der Waals surface area contributed by atoms with Gasteiger partial charge in [0.25, 0.3) is 0 Å². The fraction of sp³-hybridized carbons (Fsp3) is 0.750. The summed E-state index contributed by atoms with van der Waals surface area (Å²) in [6.07, 6.45) is 8.00. The Kier molecular flexibility index (Phi) is 8.53. The van der Waals surface area contributed by atoms with Crippen LogP contribution in [0.2, 0.25) is 0 Å². The highest BCUT2D eigenvalue weighted by molar-refractivity contribution is 5.85. The first-order valence-corrected chi connectivity index (χ1v) is 11.6. The molecule has 4 saturated carbocycles. The maximum Gasteiger partial charge on any atom is 0.146 e. The summed E-state index contributed by atoms with van der Waals surface area (Å²) < 4.78 is 20.1. The van der Waals surface area contributed by atoms with E-state index in [1.807, 2.05) is 12.1 Å². The van der Waals surface area contributed by atoms with Gasteiger partial charge in [0.15, 0.2) is 0 Å². The summed E-state index contributed by atoms with van der Waals surface area (Å²) in [6.45, 7) is 5.21. The molecule has 1 aromatic rings. The highest BCUT2D eigenvalue weighted by Gasteiger charge is 2.50. The van der Waals surface area contributed by atoms with Crippen molar-refractivity contribution < 1.29 is 14.2 Å². The fourth-order valence-corrected chi connectivity index (χ4v) is 7.11. The number of hydrogen-bond acceptors (Lipinski definition) is 4. The van der Waals surface area contributed by atoms with E-state index in [2.05, 4.69) is 9.80 Å². The number of anilines is 1. The predicted molar refractivity (Wildman–Crippen MR) is 127 cm³/mol. The van der Waals surface area contributed by atoms with E-state index in [0.29, 0.717) is 24.3 Å². The molecule has 5 fully saturated rings. The molecule has 4 bridgehead atoms. The van der Waals surface area contributed by atoms with E-state index in [-0.39, 0.29) is 30.6 Å². The zero-order valence-electron chi connectivity index (χ0n) is 18.3. The van der Waals surface area contributed by atoms with Gasteiger partial charge >= 0.3 is 0 Å². The van der Waals surface area contributed by atoms with E-state index in [4.69, 9.17) is 4.74 Å². The number of aliphatic hydroxyl groups excluding tert-OH is 1. The second kappa shape index (κ2) is 10.6. The minimum atomic E-state index is -0.441. The molecule has 5 aliphatic rings. The van der Waals surface area contributed by atoms with E-state index >= 15 is 0 Å². The lowest BCUT2D eigenvalue weighted by molar-refractivity contribution is -0.107. The van der Waals surface area contributed by atoms with Gasteiger partial charge in [0.1, 0.15) is 5.82 Å². The summed E-state index contributed by atoms with van der Waals surface area (Å²) in [7, 11) is 0. The van der Waals surface area contributed by atoms with Crippen molar-refractivity contribution in [3.8, 4) is 0 Å². The van der Waals surface area contributed by atoms with E-state index in [1.165, 1.54) is 44.6 Å². The van der Waals surface area contributed by atoms with Crippen molar-refractivity contribution in [3.05, 3.63) is 30.1 Å². The molecule has 0 radical (unpaired) electrons. The number of piperazine rings is 1. The van der Waals surface area contributed by atoms with Crippen molar-refractivity contribution in [2.24, 2.45) is 23.2 Å². The smallest absolute Gasteiger partial charge is 0.146 e. The van der Waals surface area contributed by atoms with Gasteiger partial charge in [0, 0.05) is 32.7 Å². The molecule has 1 saturated heterocycles. The van der Waals surface area contributed by atoms with Crippen LogP contribution in [0.4, 0.5) is 10.1 Å². The Morgan fingerprint density at radius 1 is 0.968 bits per heavy atom. The lowest BCUT2D eigenvalue weighted by Gasteiger charge is -2.56. The number of benzene rings is 1. The van der Waals surface area contributed by atoms with E-state index in [9.17, 15) is 9.50 Å². The molecule has 1 aromatic carbocycles. The molecule has 4 aliphatic carbocycles. The second-order valence-corrected chi connectivity index (χ2v) is 10.3. The van der Waals surface area contributed by atoms with Crippen LogP contribution >= 0.6 is 24.8 Å². The second-order valence-electron chi connectivity index (χ2n) is 10.3. The van der Waals surface area contributed by atoms with Crippen molar-refractivity contribution in [2.75, 3.05) is 50.8 Å². The molecule has 0 aromatic heterocycles. The Hall–Kier alpha value is -0.590. The Morgan fingerprint density at radius 2 is 1.55 bits per heavy atom. The van der Waals surface area contributed by atoms with Gasteiger partial charge in [-0.25, -0.2) is 4.39 Å². The molecule has 0 spiro atoms. The van der Waals surface area contributed by atoms with Crippen LogP contribution in [0.25, 0.3) is 0 Å². The molecule has 0 amide bonds. The number of β-amino-alcohol motifs (C(OH)–C–C–N with tert-alkyl or cyclic N) is 1. The first kappa shape index (κ1) is 25.0. The molecular formula is C24H37Cl2FN2O2. The standard InChI is InChI=1S/C24H35FN2O2.2ClH/c25-22-3-1-2-4-23(22)27-7-5-26(6-8-27)15-21(28)16-29-17-24-12-18-9-19(13-24)11-20(10-18)14-24;;/h1-4,18-21,28H,5-17H2;2*1H. The maximum atomic E-state index is 14.0. The molecule has 31 heavy (non-hydrogen) atoms. The van der Waals surface area contributed by atoms with Crippen molar-refractivity contribution in [1.82, 2.24) is 4.90 Å². The van der Waals surface area contributed by atoms with Crippen LogP contribution < -0.4 is 4.90 Å². The molecular weight excluding hydrogens is 438 g/mol. The van der Waals surface area contributed by atoms with Gasteiger partial charge < -0.3 is 14.7 Å². The summed E-state index contributed by atoms with van der Waals surface area (Å²) in [4.78, 5) is 4.37. The Labute approximate surface area is 198 Å². The minimum Gasteiger partial charge on any atom is -0.389 e. The number of hydrogen-bond donors (Lipinski definition) is 1. The van der Waals surface area contributed by atoms with Crippen molar-refractivity contribution in [3.63, 3.8) is 0 Å². The van der Waals surface area contributed by atoms with E-state index in [1.54, 1.807) is 6.07 Å². The lowest BCUT2D eigenvalue weighted by Crippen LogP contribution is -2.50. The molecule has 6 rings (SSSR count). The normalized spacial score (nSPS) is 33.0. The molecule has 1 aliphatic heterocycles. The first-order valence-electron chi connectivity index (χ1n) is 11.6. The van der Waals surface area contributed by atoms with E-state index in [0.717, 1.165) is 50.5 Å². The van der Waals surface area contributed by atoms with Gasteiger partial charge in [-0.2, -0.15) is 0 Å². The number of nitrogens with zero attached hydrogens (tertiary/aromatic N) is 2. The number of aliphatic hydroxyl groups is 1.